The first-order chi connectivity index (χ1) is 8.69. The number of hydrogen-bond acceptors (Lipinski definition) is 1. The van der Waals surface area contributed by atoms with Gasteiger partial charge in [-0.2, -0.15) is 0 Å². The highest BCUT2D eigenvalue weighted by Gasteiger charge is 2.19. The Kier molecular flexibility index (Phi) is 3.00. The lowest BCUT2D eigenvalue weighted by atomic mass is 10.0. The van der Waals surface area contributed by atoms with Crippen LogP contribution in [0.1, 0.15) is 21.5 Å². The molecule has 0 atom stereocenters. The molecule has 1 aliphatic rings. The van der Waals surface area contributed by atoms with E-state index < -0.39 is 0 Å². The molecule has 0 saturated carbocycles. The van der Waals surface area contributed by atoms with E-state index >= 15 is 0 Å². The second-order valence-corrected chi connectivity index (χ2v) is 5.59. The molecule has 0 radical (unpaired) electrons. The molecule has 0 aliphatic heterocycles. The predicted octanol–water partition coefficient (Wildman–Crippen LogP) is 4.44. The molecule has 18 heavy (non-hydrogen) atoms. The molecule has 90 valence electrons. The second-order valence-electron chi connectivity index (χ2n) is 4.41. The minimum absolute atomic E-state index is 0.0170. The van der Waals surface area contributed by atoms with Crippen molar-refractivity contribution < 1.29 is 4.79 Å². The minimum Gasteiger partial charge on any atom is -0.293 e. The Labute approximate surface area is 119 Å². The Hall–Kier alpha value is -1.12. The van der Waals surface area contributed by atoms with Gasteiger partial charge in [-0.05, 0) is 46.9 Å². The van der Waals surface area contributed by atoms with Crippen molar-refractivity contribution in [3.8, 4) is 11.1 Å². The van der Waals surface area contributed by atoms with Crippen LogP contribution in [0.5, 0.6) is 0 Å². The van der Waals surface area contributed by atoms with Gasteiger partial charge < -0.3 is 0 Å². The summed E-state index contributed by atoms with van der Waals surface area (Å²) >= 11 is 9.08. The monoisotopic (exact) mass is 320 g/mol. The number of carbonyl (C=O) groups excluding carboxylic acids is 1. The van der Waals surface area contributed by atoms with E-state index in [0.29, 0.717) is 5.56 Å². The molecule has 0 N–H and O–H groups in total. The number of rotatable bonds is 2. The highest BCUT2D eigenvalue weighted by atomic mass is 79.9. The van der Waals surface area contributed by atoms with Crippen LogP contribution in [0.4, 0.5) is 0 Å². The fourth-order valence-electron chi connectivity index (χ4n) is 2.43. The second kappa shape index (κ2) is 4.52. The Morgan fingerprint density at radius 2 is 1.78 bits per heavy atom. The zero-order valence-electron chi connectivity index (χ0n) is 9.54. The highest BCUT2D eigenvalue weighted by Crippen LogP contribution is 2.38. The van der Waals surface area contributed by atoms with Gasteiger partial charge in [0, 0.05) is 10.0 Å². The van der Waals surface area contributed by atoms with Crippen molar-refractivity contribution in [3.63, 3.8) is 0 Å². The van der Waals surface area contributed by atoms with Gasteiger partial charge in [0.15, 0.2) is 5.78 Å². The number of hydrogen-bond donors (Lipinski definition) is 0. The maximum atomic E-state index is 11.6. The number of alkyl halides is 1. The number of ketones is 1. The third-order valence-corrected chi connectivity index (χ3v) is 4.02. The van der Waals surface area contributed by atoms with Gasteiger partial charge in [-0.15, -0.1) is 11.6 Å². The molecule has 1 aliphatic carbocycles. The first-order valence-corrected chi connectivity index (χ1v) is 7.02. The molecule has 0 aromatic heterocycles. The zero-order chi connectivity index (χ0) is 12.7. The number of fused-ring (bicyclic) bond motifs is 3. The van der Waals surface area contributed by atoms with Gasteiger partial charge in [-0.3, -0.25) is 4.79 Å². The van der Waals surface area contributed by atoms with E-state index in [9.17, 15) is 4.79 Å². The van der Waals surface area contributed by atoms with Gasteiger partial charge in [-0.1, -0.05) is 34.1 Å². The van der Waals surface area contributed by atoms with Crippen molar-refractivity contribution in [2.24, 2.45) is 0 Å². The topological polar surface area (TPSA) is 17.1 Å². The van der Waals surface area contributed by atoms with Gasteiger partial charge in [0.2, 0.25) is 0 Å². The molecular formula is C15H10BrClO. The fraction of sp³-hybridized carbons (Fsp3) is 0.133. The number of benzene rings is 2. The predicted molar refractivity (Wildman–Crippen MR) is 77.4 cm³/mol. The first kappa shape index (κ1) is 11.9. The van der Waals surface area contributed by atoms with Crippen molar-refractivity contribution in [1.82, 2.24) is 0 Å². The van der Waals surface area contributed by atoms with E-state index in [4.69, 9.17) is 11.6 Å². The fourth-order valence-corrected chi connectivity index (χ4v) is 2.99. The molecule has 0 heterocycles. The highest BCUT2D eigenvalue weighted by molar-refractivity contribution is 9.10. The summed E-state index contributed by atoms with van der Waals surface area (Å²) in [5.74, 6) is 0.0219. The quantitative estimate of drug-likeness (QED) is 0.504. The summed E-state index contributed by atoms with van der Waals surface area (Å²) in [7, 11) is 0. The van der Waals surface area contributed by atoms with Crippen LogP contribution in [0, 0.1) is 0 Å². The lowest BCUT2D eigenvalue weighted by Gasteiger charge is -2.03. The number of carbonyl (C=O) groups is 1. The SMILES string of the molecule is O=C(CCl)c1ccc2c(c1)Cc1cc(Br)ccc1-2. The summed E-state index contributed by atoms with van der Waals surface area (Å²) in [6, 6.07) is 12.2. The summed E-state index contributed by atoms with van der Waals surface area (Å²) in [6.07, 6.45) is 0.882. The Balaban J connectivity index is 2.09. The lowest BCUT2D eigenvalue weighted by molar-refractivity contribution is 0.102. The van der Waals surface area contributed by atoms with Crippen LogP contribution in [-0.2, 0) is 6.42 Å². The number of Topliss-reactive ketones (excluding diaryl/α,β-unsaturated/α-hetero) is 1. The molecule has 0 unspecified atom stereocenters. The van der Waals surface area contributed by atoms with E-state index in [1.165, 1.54) is 22.3 Å². The smallest absolute Gasteiger partial charge is 0.177 e. The largest absolute Gasteiger partial charge is 0.293 e. The van der Waals surface area contributed by atoms with Crippen LogP contribution in [0.15, 0.2) is 40.9 Å². The first-order valence-electron chi connectivity index (χ1n) is 5.70. The molecule has 0 amide bonds. The summed E-state index contributed by atoms with van der Waals surface area (Å²) in [6.45, 7) is 0. The average Bonchev–Trinajstić information content (AvgIpc) is 2.73. The normalized spacial score (nSPS) is 12.1. The summed E-state index contributed by atoms with van der Waals surface area (Å²) in [5.41, 5.74) is 5.70. The number of halogens is 2. The van der Waals surface area contributed by atoms with Crippen molar-refractivity contribution >= 4 is 33.3 Å². The molecule has 2 aromatic carbocycles. The maximum Gasteiger partial charge on any atom is 0.177 e. The van der Waals surface area contributed by atoms with Gasteiger partial charge in [-0.25, -0.2) is 0 Å². The average molecular weight is 322 g/mol. The standard InChI is InChI=1S/C15H10BrClO/c16-12-2-4-14-11(7-12)6-10-5-9(15(18)8-17)1-3-13(10)14/h1-5,7H,6,8H2. The van der Waals surface area contributed by atoms with E-state index in [2.05, 4.69) is 28.1 Å². The van der Waals surface area contributed by atoms with Crippen LogP contribution < -0.4 is 0 Å². The Morgan fingerprint density at radius 3 is 2.50 bits per heavy atom. The van der Waals surface area contributed by atoms with Gasteiger partial charge in [0.1, 0.15) is 0 Å². The summed E-state index contributed by atoms with van der Waals surface area (Å²) in [4.78, 5) is 11.6. The van der Waals surface area contributed by atoms with E-state index in [1.54, 1.807) is 0 Å². The van der Waals surface area contributed by atoms with Crippen LogP contribution in [0.3, 0.4) is 0 Å². The minimum atomic E-state index is -0.0170. The van der Waals surface area contributed by atoms with E-state index in [-0.39, 0.29) is 11.7 Å². The molecule has 0 fully saturated rings. The summed E-state index contributed by atoms with van der Waals surface area (Å²) in [5, 5.41) is 0. The summed E-state index contributed by atoms with van der Waals surface area (Å²) < 4.78 is 1.09. The van der Waals surface area contributed by atoms with Crippen molar-refractivity contribution in [2.75, 3.05) is 5.88 Å². The van der Waals surface area contributed by atoms with Crippen LogP contribution in [0.2, 0.25) is 0 Å². The molecule has 2 aromatic rings. The zero-order valence-corrected chi connectivity index (χ0v) is 11.9. The van der Waals surface area contributed by atoms with Crippen molar-refractivity contribution in [2.45, 2.75) is 6.42 Å². The van der Waals surface area contributed by atoms with Crippen LogP contribution in [-0.4, -0.2) is 11.7 Å². The molecule has 0 saturated heterocycles. The Morgan fingerprint density at radius 1 is 1.11 bits per heavy atom. The van der Waals surface area contributed by atoms with E-state index in [0.717, 1.165) is 10.9 Å². The lowest BCUT2D eigenvalue weighted by Crippen LogP contribution is -2.00. The maximum absolute atomic E-state index is 11.6. The van der Waals surface area contributed by atoms with Crippen LogP contribution >= 0.6 is 27.5 Å². The van der Waals surface area contributed by atoms with Crippen LogP contribution in [0.25, 0.3) is 11.1 Å². The Bertz CT molecular complexity index is 649. The third-order valence-electron chi connectivity index (χ3n) is 3.29. The third kappa shape index (κ3) is 1.90. The van der Waals surface area contributed by atoms with Gasteiger partial charge in [0.25, 0.3) is 0 Å². The molecule has 0 bridgehead atoms. The van der Waals surface area contributed by atoms with Gasteiger partial charge in [0.05, 0.1) is 5.88 Å². The van der Waals surface area contributed by atoms with Crippen molar-refractivity contribution in [3.05, 3.63) is 57.6 Å². The molecule has 3 rings (SSSR count). The molecule has 0 spiro atoms. The molecule has 1 nitrogen and oxygen atoms in total. The van der Waals surface area contributed by atoms with Crippen molar-refractivity contribution in [1.29, 1.82) is 0 Å². The van der Waals surface area contributed by atoms with E-state index in [1.807, 2.05) is 24.3 Å². The molecular weight excluding hydrogens is 312 g/mol. The van der Waals surface area contributed by atoms with Gasteiger partial charge >= 0.3 is 0 Å². The molecule has 3 heteroatoms.